The molecule has 7 rings (SSSR count). The topological polar surface area (TPSA) is 140 Å². The van der Waals surface area contributed by atoms with E-state index in [9.17, 15) is 19.2 Å². The standard InChI is InChI=1S/C25H19N7O4/c33-18(11-31-17-5-7-27-22-20(17)32(24(31)36)12-19(34)29-22)28-15-4-3-13-9-25(10-14(13)8-15)16-2-1-6-26-21(16)30-23(25)35/h1-8H,9-12H2,(H,28,33)(H,26,30,35)(H,27,29,34). The Hall–Kier alpha value is -4.80. The summed E-state index contributed by atoms with van der Waals surface area (Å²) in [4.78, 5) is 59.2. The lowest BCUT2D eigenvalue weighted by molar-refractivity contribution is -0.120. The Kier molecular flexibility index (Phi) is 4.06. The Morgan fingerprint density at radius 2 is 1.83 bits per heavy atom. The fraction of sp³-hybridized carbons (Fsp3) is 0.200. The number of nitrogens with zero attached hydrogens (tertiary/aromatic N) is 4. The second-order valence-corrected chi connectivity index (χ2v) is 9.35. The van der Waals surface area contributed by atoms with Gasteiger partial charge < -0.3 is 16.0 Å². The molecule has 36 heavy (non-hydrogen) atoms. The second-order valence-electron chi connectivity index (χ2n) is 9.35. The van der Waals surface area contributed by atoms with Gasteiger partial charge in [0.1, 0.15) is 24.4 Å². The molecule has 1 atom stereocenters. The average molecular weight is 481 g/mol. The fourth-order valence-corrected chi connectivity index (χ4v) is 5.67. The molecule has 4 aromatic rings. The van der Waals surface area contributed by atoms with Gasteiger partial charge in [0.2, 0.25) is 17.7 Å². The molecule has 1 spiro atoms. The number of aromatic nitrogens is 4. The molecule has 0 radical (unpaired) electrons. The van der Waals surface area contributed by atoms with Gasteiger partial charge >= 0.3 is 5.69 Å². The Morgan fingerprint density at radius 3 is 2.72 bits per heavy atom. The summed E-state index contributed by atoms with van der Waals surface area (Å²) >= 11 is 0. The molecule has 1 unspecified atom stereocenters. The molecular weight excluding hydrogens is 462 g/mol. The van der Waals surface area contributed by atoms with E-state index in [4.69, 9.17) is 0 Å². The van der Waals surface area contributed by atoms with Crippen LogP contribution in [0, 0.1) is 0 Å². The number of nitrogens with one attached hydrogen (secondary N) is 3. The average Bonchev–Trinajstić information content (AvgIpc) is 3.46. The van der Waals surface area contributed by atoms with Gasteiger partial charge in [0.15, 0.2) is 5.82 Å². The Balaban J connectivity index is 1.15. The van der Waals surface area contributed by atoms with Crippen LogP contribution in [0.15, 0.2) is 53.6 Å². The number of carbonyl (C=O) groups is 3. The first kappa shape index (κ1) is 20.6. The van der Waals surface area contributed by atoms with Gasteiger partial charge in [-0.25, -0.2) is 14.8 Å². The van der Waals surface area contributed by atoms with E-state index >= 15 is 0 Å². The van der Waals surface area contributed by atoms with Crippen LogP contribution in [0.2, 0.25) is 0 Å². The van der Waals surface area contributed by atoms with Crippen molar-refractivity contribution in [3.8, 4) is 0 Å². The van der Waals surface area contributed by atoms with Crippen LogP contribution >= 0.6 is 0 Å². The molecule has 3 N–H and O–H groups in total. The minimum atomic E-state index is -0.687. The number of amides is 3. The van der Waals surface area contributed by atoms with Crippen molar-refractivity contribution in [1.29, 1.82) is 0 Å². The maximum Gasteiger partial charge on any atom is 0.330 e. The first-order valence-electron chi connectivity index (χ1n) is 11.5. The number of pyridine rings is 2. The molecule has 0 saturated carbocycles. The predicted octanol–water partition coefficient (Wildman–Crippen LogP) is 1.17. The second kappa shape index (κ2) is 7.11. The van der Waals surface area contributed by atoms with E-state index in [0.717, 1.165) is 16.7 Å². The zero-order chi connectivity index (χ0) is 24.6. The van der Waals surface area contributed by atoms with Gasteiger partial charge in [-0.1, -0.05) is 12.1 Å². The lowest BCUT2D eigenvalue weighted by Gasteiger charge is -2.20. The molecule has 1 aromatic carbocycles. The van der Waals surface area contributed by atoms with Crippen LogP contribution in [0.3, 0.4) is 0 Å². The summed E-state index contributed by atoms with van der Waals surface area (Å²) in [5.41, 5.74) is 3.41. The van der Waals surface area contributed by atoms with Crippen LogP contribution in [-0.4, -0.2) is 36.8 Å². The summed E-state index contributed by atoms with van der Waals surface area (Å²) < 4.78 is 2.67. The van der Waals surface area contributed by atoms with Gasteiger partial charge in [0.25, 0.3) is 0 Å². The zero-order valence-corrected chi connectivity index (χ0v) is 18.9. The molecule has 178 valence electrons. The summed E-state index contributed by atoms with van der Waals surface area (Å²) in [6.45, 7) is -0.343. The number of imidazole rings is 1. The monoisotopic (exact) mass is 481 g/mol. The van der Waals surface area contributed by atoms with Crippen LogP contribution < -0.4 is 21.6 Å². The number of fused-ring (bicyclic) bond motifs is 3. The SMILES string of the molecule is O=C(Cn1c(=O)n2c3c(nccc31)NC(=O)C2)Nc1ccc2c(c1)CC1(C2)C(=O)Nc2ncccc21. The van der Waals surface area contributed by atoms with Crippen LogP contribution in [0.25, 0.3) is 11.0 Å². The lowest BCUT2D eigenvalue weighted by Crippen LogP contribution is -2.35. The van der Waals surface area contributed by atoms with Crippen molar-refractivity contribution >= 4 is 46.1 Å². The fourth-order valence-electron chi connectivity index (χ4n) is 5.67. The minimum absolute atomic E-state index is 0.0621. The Labute approximate surface area is 203 Å². The van der Waals surface area contributed by atoms with E-state index in [1.165, 1.54) is 15.3 Å². The molecule has 11 nitrogen and oxygen atoms in total. The Morgan fingerprint density at radius 1 is 1.00 bits per heavy atom. The molecule has 0 fully saturated rings. The van der Waals surface area contributed by atoms with Crippen LogP contribution in [0.4, 0.5) is 17.3 Å². The highest BCUT2D eigenvalue weighted by Gasteiger charge is 2.51. The highest BCUT2D eigenvalue weighted by atomic mass is 16.2. The summed E-state index contributed by atoms with van der Waals surface area (Å²) in [5.74, 6) is 0.131. The third kappa shape index (κ3) is 2.79. The van der Waals surface area contributed by atoms with E-state index in [0.29, 0.717) is 41.2 Å². The number of hydrogen-bond donors (Lipinski definition) is 3. The largest absolute Gasteiger partial charge is 0.330 e. The number of rotatable bonds is 3. The summed E-state index contributed by atoms with van der Waals surface area (Å²) in [6, 6.07) is 11.0. The van der Waals surface area contributed by atoms with E-state index in [1.54, 1.807) is 18.3 Å². The van der Waals surface area contributed by atoms with Crippen molar-refractivity contribution in [2.24, 2.45) is 0 Å². The van der Waals surface area contributed by atoms with Crippen molar-refractivity contribution in [2.75, 3.05) is 16.0 Å². The molecule has 11 heteroatoms. The van der Waals surface area contributed by atoms with E-state index in [-0.39, 0.29) is 30.8 Å². The smallest absolute Gasteiger partial charge is 0.325 e. The number of benzene rings is 1. The molecule has 0 saturated heterocycles. The number of carbonyl (C=O) groups excluding carboxylic acids is 3. The molecule has 3 amide bonds. The lowest BCUT2D eigenvalue weighted by atomic mass is 9.79. The van der Waals surface area contributed by atoms with Gasteiger partial charge in [0, 0.05) is 23.6 Å². The molecule has 0 bridgehead atoms. The molecule has 1 aliphatic carbocycles. The first-order valence-corrected chi connectivity index (χ1v) is 11.5. The van der Waals surface area contributed by atoms with Gasteiger partial charge in [-0.05, 0) is 48.2 Å². The molecular formula is C25H19N7O4. The normalized spacial score (nSPS) is 19.2. The third-order valence-corrected chi connectivity index (χ3v) is 7.25. The Bertz CT molecular complexity index is 1720. The van der Waals surface area contributed by atoms with E-state index < -0.39 is 11.1 Å². The predicted molar refractivity (Wildman–Crippen MR) is 130 cm³/mol. The molecule has 5 heterocycles. The zero-order valence-electron chi connectivity index (χ0n) is 18.9. The van der Waals surface area contributed by atoms with Gasteiger partial charge in [-0.3, -0.25) is 23.5 Å². The van der Waals surface area contributed by atoms with E-state index in [1.807, 2.05) is 24.3 Å². The van der Waals surface area contributed by atoms with Crippen molar-refractivity contribution < 1.29 is 14.4 Å². The minimum Gasteiger partial charge on any atom is -0.325 e. The van der Waals surface area contributed by atoms with Gasteiger partial charge in [-0.15, -0.1) is 0 Å². The van der Waals surface area contributed by atoms with Crippen molar-refractivity contribution in [3.05, 3.63) is 76.0 Å². The van der Waals surface area contributed by atoms with Crippen molar-refractivity contribution in [1.82, 2.24) is 19.1 Å². The summed E-state index contributed by atoms with van der Waals surface area (Å²) in [7, 11) is 0. The van der Waals surface area contributed by atoms with Crippen molar-refractivity contribution in [2.45, 2.75) is 31.3 Å². The quantitative estimate of drug-likeness (QED) is 0.401. The molecule has 3 aliphatic rings. The summed E-state index contributed by atoms with van der Waals surface area (Å²) in [5, 5.41) is 8.42. The number of hydrogen-bond acceptors (Lipinski definition) is 6. The molecule has 3 aromatic heterocycles. The third-order valence-electron chi connectivity index (χ3n) is 7.25. The first-order chi connectivity index (χ1) is 17.4. The highest BCUT2D eigenvalue weighted by Crippen LogP contribution is 2.46. The van der Waals surface area contributed by atoms with Gasteiger partial charge in [0.05, 0.1) is 10.9 Å². The highest BCUT2D eigenvalue weighted by molar-refractivity contribution is 6.06. The van der Waals surface area contributed by atoms with Crippen molar-refractivity contribution in [3.63, 3.8) is 0 Å². The maximum absolute atomic E-state index is 13.0. The molecule has 2 aliphatic heterocycles. The summed E-state index contributed by atoms with van der Waals surface area (Å²) in [6.07, 6.45) is 4.23. The van der Waals surface area contributed by atoms with Crippen LogP contribution in [0.5, 0.6) is 0 Å². The number of anilines is 3. The van der Waals surface area contributed by atoms with Crippen LogP contribution in [-0.2, 0) is 45.7 Å². The van der Waals surface area contributed by atoms with Crippen LogP contribution in [0.1, 0.15) is 16.7 Å². The maximum atomic E-state index is 13.0. The van der Waals surface area contributed by atoms with E-state index in [2.05, 4.69) is 25.9 Å². The van der Waals surface area contributed by atoms with Gasteiger partial charge in [-0.2, -0.15) is 0 Å².